The molecule has 13 rings (SSSR count). The Labute approximate surface area is 382 Å². The molecule has 2 heteroatoms. The quantitative estimate of drug-likeness (QED) is 0.0917. The van der Waals surface area contributed by atoms with Crippen LogP contribution in [0.15, 0.2) is 200 Å². The minimum Gasteiger partial charge on any atom is -0.310 e. The molecule has 2 aliphatic rings. The molecule has 0 radical (unpaired) electrons. The van der Waals surface area contributed by atoms with E-state index in [2.05, 4.69) is 240 Å². The molecule has 1 nitrogen and oxygen atoms in total. The van der Waals surface area contributed by atoms with Gasteiger partial charge in [-0.15, -0.1) is 0 Å². The summed E-state index contributed by atoms with van der Waals surface area (Å²) in [7, 11) is 0. The van der Waals surface area contributed by atoms with E-state index in [1.165, 1.54) is 121 Å². The van der Waals surface area contributed by atoms with Crippen LogP contribution in [0.2, 0.25) is 0 Å². The molecule has 0 aliphatic heterocycles. The number of para-hydroxylation sites is 1. The number of fused-ring (bicyclic) bond motifs is 9. The molecule has 11 aromatic rings. The second-order valence-corrected chi connectivity index (χ2v) is 19.6. The minimum absolute atomic E-state index is 0.0251. The summed E-state index contributed by atoms with van der Waals surface area (Å²) in [5.41, 5.74) is 19.5. The summed E-state index contributed by atoms with van der Waals surface area (Å²) in [5, 5.41) is 10.4. The highest BCUT2D eigenvalue weighted by atomic mass is 15.1. The zero-order valence-corrected chi connectivity index (χ0v) is 37.6. The Morgan fingerprint density at radius 3 is 1.60 bits per heavy atom. The summed E-state index contributed by atoms with van der Waals surface area (Å²) >= 11 is 0. The molecule has 0 saturated heterocycles. The molecule has 0 aromatic heterocycles. The summed E-state index contributed by atoms with van der Waals surface area (Å²) in [6, 6.07) is 75.9. The van der Waals surface area contributed by atoms with Gasteiger partial charge in [-0.1, -0.05) is 214 Å². The standard InChI is InChI=1S/C63H48BN/c1-39-36-58(65(42-20-10-7-11-21-42)43-29-31-49-47-24-15-17-27-54(47)63(4,5)56(49)38-43)60-50-25-13-12-22-45(50)51-34-35-57(52-33-32-44(39)61(60)59(51)52)64(40-18-8-6-9-19-40)41-28-30-48-46-23-14-16-26-53(46)62(2,3)55(48)37-41/h6-38H,1-5H3. The van der Waals surface area contributed by atoms with Crippen LogP contribution in [0.1, 0.15) is 55.5 Å². The fourth-order valence-corrected chi connectivity index (χ4v) is 12.3. The number of aryl methyl sites for hydroxylation is 1. The van der Waals surface area contributed by atoms with Crippen LogP contribution in [0, 0.1) is 6.92 Å². The fourth-order valence-electron chi connectivity index (χ4n) is 12.3. The predicted molar refractivity (Wildman–Crippen MR) is 280 cm³/mol. The third kappa shape index (κ3) is 5.35. The SMILES string of the molecule is Cc1cc(N(c2ccccc2)c2ccc3c(c2)C(C)(C)c2ccccc2-3)c2c3ccccc3c3ccc(B(c4ccccc4)c4ccc5c(c4)C(C)(C)c4ccccc4-5)c4ccc1c2c43. The monoisotopic (exact) mass is 829 g/mol. The summed E-state index contributed by atoms with van der Waals surface area (Å²) < 4.78 is 0. The smallest absolute Gasteiger partial charge is 0.242 e. The van der Waals surface area contributed by atoms with Crippen LogP contribution in [0.25, 0.3) is 65.3 Å². The molecule has 0 atom stereocenters. The van der Waals surface area contributed by atoms with Crippen molar-refractivity contribution in [3.8, 4) is 22.3 Å². The zero-order chi connectivity index (χ0) is 43.8. The molecule has 308 valence electrons. The van der Waals surface area contributed by atoms with Crippen LogP contribution >= 0.6 is 0 Å². The topological polar surface area (TPSA) is 3.24 Å². The average Bonchev–Trinajstić information content (AvgIpc) is 3.71. The van der Waals surface area contributed by atoms with E-state index >= 15 is 0 Å². The van der Waals surface area contributed by atoms with Gasteiger partial charge in [-0.05, 0) is 120 Å². The highest BCUT2D eigenvalue weighted by Crippen LogP contribution is 2.53. The van der Waals surface area contributed by atoms with Crippen molar-refractivity contribution in [2.75, 3.05) is 4.90 Å². The number of hydrogen-bond donors (Lipinski definition) is 0. The van der Waals surface area contributed by atoms with Crippen LogP contribution < -0.4 is 21.3 Å². The average molecular weight is 830 g/mol. The molecule has 11 aromatic carbocycles. The van der Waals surface area contributed by atoms with E-state index in [1.54, 1.807) is 0 Å². The molecule has 0 N–H and O–H groups in total. The lowest BCUT2D eigenvalue weighted by atomic mass is 9.36. The summed E-state index contributed by atoms with van der Waals surface area (Å²) in [6.07, 6.45) is 0. The molecule has 65 heavy (non-hydrogen) atoms. The Bertz CT molecular complexity index is 3730. The normalized spacial score (nSPS) is 14.2. The lowest BCUT2D eigenvalue weighted by Gasteiger charge is -2.31. The fraction of sp³-hybridized carbons (Fsp3) is 0.111. The van der Waals surface area contributed by atoms with Crippen LogP contribution in [-0.4, -0.2) is 6.71 Å². The molecule has 2 aliphatic carbocycles. The minimum atomic E-state index is -0.125. The van der Waals surface area contributed by atoms with Gasteiger partial charge in [0, 0.05) is 33.0 Å². The summed E-state index contributed by atoms with van der Waals surface area (Å²) in [5.74, 6) is 0. The van der Waals surface area contributed by atoms with Gasteiger partial charge in [0.1, 0.15) is 0 Å². The van der Waals surface area contributed by atoms with Crippen LogP contribution in [-0.2, 0) is 10.8 Å². The molecule has 0 bridgehead atoms. The van der Waals surface area contributed by atoms with Gasteiger partial charge in [-0.25, -0.2) is 0 Å². The Balaban J connectivity index is 1.09. The van der Waals surface area contributed by atoms with Crippen molar-refractivity contribution in [3.05, 3.63) is 228 Å². The Hall–Kier alpha value is -7.42. The maximum Gasteiger partial charge on any atom is 0.242 e. The molecule has 0 fully saturated rings. The number of rotatable bonds is 6. The second-order valence-electron chi connectivity index (χ2n) is 19.6. The first-order valence-electron chi connectivity index (χ1n) is 23.2. The van der Waals surface area contributed by atoms with Gasteiger partial charge in [-0.2, -0.15) is 0 Å². The van der Waals surface area contributed by atoms with Crippen molar-refractivity contribution in [2.24, 2.45) is 0 Å². The highest BCUT2D eigenvalue weighted by Gasteiger charge is 2.38. The third-order valence-corrected chi connectivity index (χ3v) is 15.5. The van der Waals surface area contributed by atoms with E-state index in [9.17, 15) is 0 Å². The van der Waals surface area contributed by atoms with E-state index in [1.807, 2.05) is 0 Å². The van der Waals surface area contributed by atoms with E-state index in [4.69, 9.17) is 0 Å². The van der Waals surface area contributed by atoms with E-state index < -0.39 is 0 Å². The van der Waals surface area contributed by atoms with E-state index in [0.29, 0.717) is 0 Å². The first-order valence-corrected chi connectivity index (χ1v) is 23.2. The lowest BCUT2D eigenvalue weighted by molar-refractivity contribution is 0.660. The molecular formula is C63H48BN. The summed E-state index contributed by atoms with van der Waals surface area (Å²) in [6.45, 7) is 11.9. The first-order chi connectivity index (χ1) is 31.7. The lowest BCUT2D eigenvalue weighted by Crippen LogP contribution is -2.52. The first kappa shape index (κ1) is 38.1. The Kier molecular flexibility index (Phi) is 8.08. The Morgan fingerprint density at radius 2 is 0.892 bits per heavy atom. The van der Waals surface area contributed by atoms with Crippen LogP contribution in [0.3, 0.4) is 0 Å². The van der Waals surface area contributed by atoms with Gasteiger partial charge in [0.05, 0.1) is 5.69 Å². The largest absolute Gasteiger partial charge is 0.310 e. The molecule has 0 unspecified atom stereocenters. The molecule has 0 heterocycles. The zero-order valence-electron chi connectivity index (χ0n) is 37.6. The maximum absolute atomic E-state index is 2.53. The van der Waals surface area contributed by atoms with Crippen molar-refractivity contribution < 1.29 is 0 Å². The van der Waals surface area contributed by atoms with Crippen molar-refractivity contribution in [2.45, 2.75) is 45.4 Å². The van der Waals surface area contributed by atoms with Gasteiger partial charge >= 0.3 is 0 Å². The van der Waals surface area contributed by atoms with E-state index in [-0.39, 0.29) is 17.5 Å². The van der Waals surface area contributed by atoms with Crippen LogP contribution in [0.5, 0.6) is 0 Å². The van der Waals surface area contributed by atoms with Gasteiger partial charge in [-0.3, -0.25) is 0 Å². The van der Waals surface area contributed by atoms with Gasteiger partial charge in [0.15, 0.2) is 0 Å². The third-order valence-electron chi connectivity index (χ3n) is 15.5. The molecular weight excluding hydrogens is 782 g/mol. The summed E-state index contributed by atoms with van der Waals surface area (Å²) in [4.78, 5) is 2.53. The van der Waals surface area contributed by atoms with Gasteiger partial charge < -0.3 is 4.90 Å². The number of anilines is 3. The van der Waals surface area contributed by atoms with Crippen molar-refractivity contribution in [1.82, 2.24) is 0 Å². The maximum atomic E-state index is 2.53. The number of nitrogens with zero attached hydrogens (tertiary/aromatic N) is 1. The van der Waals surface area contributed by atoms with Gasteiger partial charge in [0.25, 0.3) is 0 Å². The van der Waals surface area contributed by atoms with Crippen molar-refractivity contribution >= 4 is 83.3 Å². The van der Waals surface area contributed by atoms with Gasteiger partial charge in [0.2, 0.25) is 6.71 Å². The van der Waals surface area contributed by atoms with Crippen molar-refractivity contribution in [1.29, 1.82) is 0 Å². The molecule has 0 saturated carbocycles. The Morgan fingerprint density at radius 1 is 0.354 bits per heavy atom. The second kappa shape index (κ2) is 13.8. The van der Waals surface area contributed by atoms with Crippen molar-refractivity contribution in [3.63, 3.8) is 0 Å². The number of benzene rings is 11. The van der Waals surface area contributed by atoms with E-state index in [0.717, 1.165) is 5.69 Å². The number of hydrogen-bond acceptors (Lipinski definition) is 1. The predicted octanol–water partition coefficient (Wildman–Crippen LogP) is 14.6. The van der Waals surface area contributed by atoms with Crippen LogP contribution in [0.4, 0.5) is 17.1 Å². The highest BCUT2D eigenvalue weighted by molar-refractivity contribution is 6.97. The molecule has 0 spiro atoms. The molecule has 0 amide bonds.